The van der Waals surface area contributed by atoms with Gasteiger partial charge in [0.05, 0.1) is 11.1 Å². The average molecular weight is 319 g/mol. The molecule has 0 bridgehead atoms. The van der Waals surface area contributed by atoms with E-state index >= 15 is 0 Å². The van der Waals surface area contributed by atoms with Crippen molar-refractivity contribution in [1.82, 2.24) is 4.83 Å². The van der Waals surface area contributed by atoms with Crippen molar-refractivity contribution in [3.8, 4) is 11.5 Å². The normalized spacial score (nSPS) is 13.5. The van der Waals surface area contributed by atoms with E-state index in [4.69, 9.17) is 15.2 Å². The number of ether oxygens (including phenoxy) is 2. The van der Waals surface area contributed by atoms with E-state index in [2.05, 4.69) is 9.93 Å². The van der Waals surface area contributed by atoms with Gasteiger partial charge in [-0.3, -0.25) is 0 Å². The molecule has 114 valence electrons. The summed E-state index contributed by atoms with van der Waals surface area (Å²) in [4.78, 5) is 2.23. The first-order valence-corrected chi connectivity index (χ1v) is 7.83. The summed E-state index contributed by atoms with van der Waals surface area (Å²) in [6, 6.07) is 11.0. The van der Waals surface area contributed by atoms with Gasteiger partial charge in [0, 0.05) is 5.69 Å². The van der Waals surface area contributed by atoms with E-state index in [9.17, 15) is 8.42 Å². The van der Waals surface area contributed by atoms with Crippen LogP contribution in [0.5, 0.6) is 11.5 Å². The van der Waals surface area contributed by atoms with E-state index in [0.29, 0.717) is 22.7 Å². The lowest BCUT2D eigenvalue weighted by Crippen LogP contribution is -2.18. The van der Waals surface area contributed by atoms with Crippen LogP contribution in [0.1, 0.15) is 5.56 Å². The quantitative estimate of drug-likeness (QED) is 0.502. The van der Waals surface area contributed by atoms with Gasteiger partial charge in [-0.15, -0.1) is 0 Å². The first kappa shape index (κ1) is 14.2. The van der Waals surface area contributed by atoms with Crippen LogP contribution >= 0.6 is 0 Å². The molecule has 1 heterocycles. The minimum atomic E-state index is -3.72. The molecule has 3 N–H and O–H groups in total. The fourth-order valence-electron chi connectivity index (χ4n) is 1.86. The van der Waals surface area contributed by atoms with E-state index in [-0.39, 0.29) is 11.7 Å². The third-order valence-corrected chi connectivity index (χ3v) is 4.21. The maximum Gasteiger partial charge on any atom is 0.276 e. The zero-order chi connectivity index (χ0) is 15.6. The summed E-state index contributed by atoms with van der Waals surface area (Å²) in [7, 11) is -3.72. The van der Waals surface area contributed by atoms with Crippen LogP contribution in [0.15, 0.2) is 52.5 Å². The molecule has 1 aliphatic heterocycles. The number of nitrogens with zero attached hydrogens (tertiary/aromatic N) is 1. The van der Waals surface area contributed by atoms with Gasteiger partial charge in [0.15, 0.2) is 11.5 Å². The van der Waals surface area contributed by atoms with Crippen LogP contribution < -0.4 is 20.0 Å². The first-order chi connectivity index (χ1) is 10.5. The number of hydrogen-bond donors (Lipinski definition) is 2. The summed E-state index contributed by atoms with van der Waals surface area (Å²) in [5.41, 5.74) is 6.70. The Morgan fingerprint density at radius 1 is 1.09 bits per heavy atom. The lowest BCUT2D eigenvalue weighted by Gasteiger charge is -2.03. The summed E-state index contributed by atoms with van der Waals surface area (Å²) in [5.74, 6) is 1.25. The zero-order valence-corrected chi connectivity index (χ0v) is 12.2. The Morgan fingerprint density at radius 3 is 2.59 bits per heavy atom. The van der Waals surface area contributed by atoms with Crippen LogP contribution in [0.25, 0.3) is 0 Å². The number of benzene rings is 2. The Hall–Kier alpha value is -2.74. The van der Waals surface area contributed by atoms with Gasteiger partial charge in [0.1, 0.15) is 0 Å². The van der Waals surface area contributed by atoms with Gasteiger partial charge in [-0.05, 0) is 48.0 Å². The van der Waals surface area contributed by atoms with Gasteiger partial charge in [-0.2, -0.15) is 13.5 Å². The highest BCUT2D eigenvalue weighted by atomic mass is 32.2. The molecule has 0 atom stereocenters. The molecule has 0 saturated heterocycles. The van der Waals surface area contributed by atoms with Crippen LogP contribution in [-0.2, 0) is 10.0 Å². The van der Waals surface area contributed by atoms with Crippen molar-refractivity contribution < 1.29 is 17.9 Å². The number of nitrogens with one attached hydrogen (secondary N) is 1. The molecule has 0 spiro atoms. The highest BCUT2D eigenvalue weighted by molar-refractivity contribution is 7.89. The monoisotopic (exact) mass is 319 g/mol. The number of rotatable bonds is 4. The van der Waals surface area contributed by atoms with Gasteiger partial charge < -0.3 is 15.2 Å². The van der Waals surface area contributed by atoms with Gasteiger partial charge in [0.25, 0.3) is 10.0 Å². The molecule has 2 aromatic rings. The van der Waals surface area contributed by atoms with E-state index in [1.165, 1.54) is 30.5 Å². The number of fused-ring (bicyclic) bond motifs is 1. The van der Waals surface area contributed by atoms with Crippen LogP contribution in [-0.4, -0.2) is 21.4 Å². The van der Waals surface area contributed by atoms with E-state index in [1.807, 2.05) is 0 Å². The Morgan fingerprint density at radius 2 is 1.82 bits per heavy atom. The molecule has 7 nitrogen and oxygen atoms in total. The predicted octanol–water partition coefficient (Wildman–Crippen LogP) is 1.31. The standard InChI is InChI=1S/C14H13N3O4S/c15-11-2-4-12(5-3-11)22(18,19)17-16-8-10-1-6-13-14(7-10)21-9-20-13/h1-8,17H,9,15H2/b16-8-. The molecule has 0 saturated carbocycles. The highest BCUT2D eigenvalue weighted by Crippen LogP contribution is 2.31. The molecule has 0 radical (unpaired) electrons. The highest BCUT2D eigenvalue weighted by Gasteiger charge is 2.13. The molecule has 22 heavy (non-hydrogen) atoms. The first-order valence-electron chi connectivity index (χ1n) is 6.35. The Balaban J connectivity index is 1.72. The Labute approximate surface area is 127 Å². The fourth-order valence-corrected chi connectivity index (χ4v) is 2.65. The number of sulfonamides is 1. The molecule has 0 amide bonds. The summed E-state index contributed by atoms with van der Waals surface area (Å²) in [6.07, 6.45) is 1.39. The number of hydrazone groups is 1. The van der Waals surface area contributed by atoms with Crippen molar-refractivity contribution in [2.75, 3.05) is 12.5 Å². The third-order valence-electron chi connectivity index (χ3n) is 2.97. The predicted molar refractivity (Wildman–Crippen MR) is 81.3 cm³/mol. The van der Waals surface area contributed by atoms with Crippen LogP contribution in [0, 0.1) is 0 Å². The molecule has 1 aliphatic rings. The minimum Gasteiger partial charge on any atom is -0.454 e. The second-order valence-electron chi connectivity index (χ2n) is 4.53. The van der Waals surface area contributed by atoms with Crippen molar-refractivity contribution in [3.05, 3.63) is 48.0 Å². The van der Waals surface area contributed by atoms with E-state index in [1.54, 1.807) is 18.2 Å². The molecule has 3 rings (SSSR count). The maximum absolute atomic E-state index is 12.0. The van der Waals surface area contributed by atoms with Gasteiger partial charge in [0.2, 0.25) is 6.79 Å². The summed E-state index contributed by atoms with van der Waals surface area (Å²) in [5, 5.41) is 3.75. The maximum atomic E-state index is 12.0. The summed E-state index contributed by atoms with van der Waals surface area (Å²) < 4.78 is 34.4. The van der Waals surface area contributed by atoms with Gasteiger partial charge in [-0.1, -0.05) is 0 Å². The summed E-state index contributed by atoms with van der Waals surface area (Å²) in [6.45, 7) is 0.180. The van der Waals surface area contributed by atoms with Crippen molar-refractivity contribution in [2.45, 2.75) is 4.90 Å². The number of anilines is 1. The molecule has 8 heteroatoms. The number of nitrogens with two attached hydrogens (primary N) is 1. The third kappa shape index (κ3) is 2.96. The SMILES string of the molecule is Nc1ccc(S(=O)(=O)N/N=C\c2ccc3c(c2)OCO3)cc1. The second kappa shape index (κ2) is 5.57. The van der Waals surface area contributed by atoms with E-state index < -0.39 is 10.0 Å². The molecular formula is C14H13N3O4S. The van der Waals surface area contributed by atoms with Crippen molar-refractivity contribution >= 4 is 21.9 Å². The van der Waals surface area contributed by atoms with Crippen molar-refractivity contribution in [1.29, 1.82) is 0 Å². The largest absolute Gasteiger partial charge is 0.454 e. The zero-order valence-electron chi connectivity index (χ0n) is 11.4. The van der Waals surface area contributed by atoms with Gasteiger partial charge in [-0.25, -0.2) is 4.83 Å². The van der Waals surface area contributed by atoms with Gasteiger partial charge >= 0.3 is 0 Å². The topological polar surface area (TPSA) is 103 Å². The number of hydrogen-bond acceptors (Lipinski definition) is 6. The van der Waals surface area contributed by atoms with Crippen molar-refractivity contribution in [3.63, 3.8) is 0 Å². The van der Waals surface area contributed by atoms with E-state index in [0.717, 1.165) is 0 Å². The lowest BCUT2D eigenvalue weighted by atomic mass is 10.2. The van der Waals surface area contributed by atoms with Crippen LogP contribution in [0.4, 0.5) is 5.69 Å². The van der Waals surface area contributed by atoms with Crippen molar-refractivity contribution in [2.24, 2.45) is 5.10 Å². The molecule has 0 aliphatic carbocycles. The molecule has 0 unspecified atom stereocenters. The minimum absolute atomic E-state index is 0.0875. The number of nitrogen functional groups attached to an aromatic ring is 1. The average Bonchev–Trinajstić information content (AvgIpc) is 2.95. The molecule has 0 fully saturated rings. The van der Waals surface area contributed by atoms with Crippen LogP contribution in [0.3, 0.4) is 0 Å². The molecule has 0 aromatic heterocycles. The fraction of sp³-hybridized carbons (Fsp3) is 0.0714. The smallest absolute Gasteiger partial charge is 0.276 e. The lowest BCUT2D eigenvalue weighted by molar-refractivity contribution is 0.174. The summed E-state index contributed by atoms with van der Waals surface area (Å²) >= 11 is 0. The molecule has 2 aromatic carbocycles. The Kier molecular flexibility index (Phi) is 3.60. The Bertz CT molecular complexity index is 816. The second-order valence-corrected chi connectivity index (χ2v) is 6.20. The molecular weight excluding hydrogens is 306 g/mol. The van der Waals surface area contributed by atoms with Crippen LogP contribution in [0.2, 0.25) is 0 Å².